The Morgan fingerprint density at radius 3 is 2.67 bits per heavy atom. The molecule has 0 aliphatic rings. The van der Waals surface area contributed by atoms with E-state index in [1.807, 2.05) is 0 Å². The lowest BCUT2D eigenvalue weighted by atomic mass is 10.2. The van der Waals surface area contributed by atoms with Gasteiger partial charge in [-0.15, -0.1) is 0 Å². The molecule has 0 saturated carbocycles. The summed E-state index contributed by atoms with van der Waals surface area (Å²) >= 11 is 12.0. The van der Waals surface area contributed by atoms with Crippen LogP contribution in [0.25, 0.3) is 11.4 Å². The number of benzene rings is 2. The summed E-state index contributed by atoms with van der Waals surface area (Å²) in [6, 6.07) is 11.7. The second-order valence-corrected chi connectivity index (χ2v) is 6.50. The molecule has 0 saturated heterocycles. The molecule has 1 radical (unpaired) electrons. The third-order valence-electron chi connectivity index (χ3n) is 2.82. The zero-order valence-corrected chi connectivity index (χ0v) is 13.9. The largest absolute Gasteiger partial charge is 0.400 e. The number of rotatable bonds is 4. The van der Waals surface area contributed by atoms with Gasteiger partial charge in [-0.1, -0.05) is 40.7 Å². The third-order valence-corrected chi connectivity index (χ3v) is 4.43. The Hall–Kier alpha value is -1.70. The number of hydrogen-bond acceptors (Lipinski definition) is 4. The van der Waals surface area contributed by atoms with Crippen LogP contribution in [0, 0.1) is 11.9 Å². The van der Waals surface area contributed by atoms with Gasteiger partial charge in [-0.05, 0) is 41.9 Å². The molecule has 3 rings (SSSR count). The molecule has 0 bridgehead atoms. The molecule has 2 aromatic carbocycles. The van der Waals surface area contributed by atoms with E-state index >= 15 is 0 Å². The second-order valence-electron chi connectivity index (χ2n) is 4.54. The van der Waals surface area contributed by atoms with Crippen LogP contribution in [-0.4, -0.2) is 10.1 Å². The minimum atomic E-state index is -3.73. The van der Waals surface area contributed by atoms with E-state index in [0.29, 0.717) is 15.4 Å². The van der Waals surface area contributed by atoms with Gasteiger partial charge in [0.1, 0.15) is 5.82 Å². The first-order valence-corrected chi connectivity index (χ1v) is 7.96. The maximum atomic E-state index is 13.1. The van der Waals surface area contributed by atoms with Crippen LogP contribution in [0.3, 0.4) is 0 Å². The Morgan fingerprint density at radius 2 is 2.00 bits per heavy atom. The van der Waals surface area contributed by atoms with Gasteiger partial charge in [-0.2, -0.15) is 13.8 Å². The summed E-state index contributed by atoms with van der Waals surface area (Å²) < 4.78 is 43.4. The van der Waals surface area contributed by atoms with Crippen LogP contribution in [-0.2, 0) is 5.38 Å². The normalized spacial score (nSPS) is 11.7. The fraction of sp³-hybridized carbons (Fsp3) is 0.0667. The monoisotopic (exact) mass is 389 g/mol. The zero-order valence-electron chi connectivity index (χ0n) is 11.6. The van der Waals surface area contributed by atoms with E-state index in [2.05, 4.69) is 20.7 Å². The van der Waals surface area contributed by atoms with Crippen LogP contribution in [0.2, 0.25) is 5.02 Å². The van der Waals surface area contributed by atoms with Crippen LogP contribution < -0.4 is 0 Å². The Kier molecular flexibility index (Phi) is 4.76. The van der Waals surface area contributed by atoms with Crippen LogP contribution in [0.4, 0.5) is 13.2 Å². The van der Waals surface area contributed by atoms with E-state index < -0.39 is 17.1 Å². The molecule has 0 aliphatic heterocycles. The molecule has 3 aromatic rings. The maximum absolute atomic E-state index is 13.1. The van der Waals surface area contributed by atoms with Gasteiger partial charge in [0.25, 0.3) is 0 Å². The first-order chi connectivity index (χ1) is 11.3. The molecule has 123 valence electrons. The lowest BCUT2D eigenvalue weighted by Crippen LogP contribution is -2.03. The van der Waals surface area contributed by atoms with Crippen molar-refractivity contribution in [3.63, 3.8) is 0 Å². The fourth-order valence-electron chi connectivity index (χ4n) is 1.77. The number of hydrogen-bond donors (Lipinski definition) is 0. The zero-order chi connectivity index (χ0) is 17.3. The van der Waals surface area contributed by atoms with Crippen molar-refractivity contribution in [1.82, 2.24) is 10.1 Å². The van der Waals surface area contributed by atoms with Crippen molar-refractivity contribution in [3.05, 3.63) is 59.2 Å². The van der Waals surface area contributed by atoms with Crippen molar-refractivity contribution in [1.29, 1.82) is 0 Å². The van der Waals surface area contributed by atoms with E-state index in [4.69, 9.17) is 23.2 Å². The maximum Gasteiger partial charge on any atom is 0.400 e. The van der Waals surface area contributed by atoms with Crippen molar-refractivity contribution < 1.29 is 17.7 Å². The van der Waals surface area contributed by atoms with Gasteiger partial charge in [0, 0.05) is 15.4 Å². The highest BCUT2D eigenvalue weighted by Gasteiger charge is 2.35. The smallest absolute Gasteiger partial charge is 0.331 e. The van der Waals surface area contributed by atoms with Crippen molar-refractivity contribution in [2.75, 3.05) is 0 Å². The minimum Gasteiger partial charge on any atom is -0.331 e. The van der Waals surface area contributed by atoms with E-state index in [1.165, 1.54) is 30.0 Å². The van der Waals surface area contributed by atoms with Gasteiger partial charge in [0.05, 0.1) is 5.02 Å². The molecule has 1 heterocycles. The molecule has 0 fully saturated rings. The van der Waals surface area contributed by atoms with E-state index in [-0.39, 0.29) is 10.8 Å². The highest BCUT2D eigenvalue weighted by Crippen LogP contribution is 2.36. The Labute approximate surface area is 148 Å². The van der Waals surface area contributed by atoms with Gasteiger partial charge in [-0.3, -0.25) is 0 Å². The standard InChI is InChI=1S/C15H6Cl2F3N2OS/c16-11-7-9(18)4-5-12(11)24-10-3-1-2-8(6-10)13-21-14(23-22-13)15(17,19)20/h1-2,4-7H. The fourth-order valence-corrected chi connectivity index (χ4v) is 2.98. The van der Waals surface area contributed by atoms with Gasteiger partial charge in [0.2, 0.25) is 5.82 Å². The molecule has 0 N–H and O–H groups in total. The summed E-state index contributed by atoms with van der Waals surface area (Å²) in [5, 5.41) is 0.00231. The van der Waals surface area contributed by atoms with Gasteiger partial charge >= 0.3 is 11.3 Å². The van der Waals surface area contributed by atoms with Crippen molar-refractivity contribution in [2.45, 2.75) is 15.2 Å². The summed E-state index contributed by atoms with van der Waals surface area (Å²) in [6.07, 6.45) is 0. The summed E-state index contributed by atoms with van der Waals surface area (Å²) in [5.74, 6) is -1.46. The Bertz CT molecular complexity index is 883. The number of nitrogens with zero attached hydrogens (tertiary/aromatic N) is 2. The quantitative estimate of drug-likeness (QED) is 0.531. The van der Waals surface area contributed by atoms with Crippen LogP contribution >= 0.6 is 35.0 Å². The molecule has 24 heavy (non-hydrogen) atoms. The first kappa shape index (κ1) is 17.1. The summed E-state index contributed by atoms with van der Waals surface area (Å²) in [6.45, 7) is 0. The molecule has 0 spiro atoms. The number of aromatic nitrogens is 2. The van der Waals surface area contributed by atoms with Crippen LogP contribution in [0.15, 0.2) is 50.7 Å². The van der Waals surface area contributed by atoms with Crippen LogP contribution in [0.5, 0.6) is 0 Å². The molecule has 0 aliphatic carbocycles. The van der Waals surface area contributed by atoms with E-state index in [1.54, 1.807) is 18.2 Å². The van der Waals surface area contributed by atoms with Gasteiger partial charge in [0.15, 0.2) is 0 Å². The second kappa shape index (κ2) is 6.66. The van der Waals surface area contributed by atoms with Crippen molar-refractivity contribution >= 4 is 35.0 Å². The molecule has 1 aromatic heterocycles. The molecule has 0 unspecified atom stereocenters. The highest BCUT2D eigenvalue weighted by molar-refractivity contribution is 7.99. The first-order valence-electron chi connectivity index (χ1n) is 6.39. The van der Waals surface area contributed by atoms with Crippen molar-refractivity contribution in [2.24, 2.45) is 0 Å². The average Bonchev–Trinajstić information content (AvgIpc) is 3.01. The van der Waals surface area contributed by atoms with E-state index in [9.17, 15) is 13.2 Å². The SMILES string of the molecule is Fc1ccc(Sc2[c]ccc(-c3noc(C(F)(F)Cl)n3)c2)c(Cl)c1. The molecular formula is C15H6Cl2F3N2OS. The lowest BCUT2D eigenvalue weighted by molar-refractivity contribution is 0.0551. The Morgan fingerprint density at radius 1 is 1.21 bits per heavy atom. The molecule has 3 nitrogen and oxygen atoms in total. The van der Waals surface area contributed by atoms with Crippen LogP contribution in [0.1, 0.15) is 5.89 Å². The number of alkyl halides is 3. The van der Waals surface area contributed by atoms with E-state index in [0.717, 1.165) is 0 Å². The highest BCUT2D eigenvalue weighted by atomic mass is 35.5. The molecular weight excluding hydrogens is 384 g/mol. The summed E-state index contributed by atoms with van der Waals surface area (Å²) in [4.78, 5) is 4.80. The topological polar surface area (TPSA) is 38.9 Å². The van der Waals surface area contributed by atoms with Gasteiger partial charge in [-0.25, -0.2) is 4.39 Å². The van der Waals surface area contributed by atoms with Crippen molar-refractivity contribution in [3.8, 4) is 11.4 Å². The molecule has 9 heteroatoms. The van der Waals surface area contributed by atoms with Gasteiger partial charge < -0.3 is 4.52 Å². The minimum absolute atomic E-state index is 0.0358. The lowest BCUT2D eigenvalue weighted by Gasteiger charge is -2.05. The predicted molar refractivity (Wildman–Crippen MR) is 83.8 cm³/mol. The average molecular weight is 390 g/mol. The molecule has 0 amide bonds. The molecule has 0 atom stereocenters. The summed E-state index contributed by atoms with van der Waals surface area (Å²) in [7, 11) is 0. The number of halogens is 5. The third kappa shape index (κ3) is 3.85. The predicted octanol–water partition coefficient (Wildman–Crippen LogP) is 5.77. The Balaban J connectivity index is 1.88. The summed E-state index contributed by atoms with van der Waals surface area (Å²) in [5.41, 5.74) is 0.436.